The van der Waals surface area contributed by atoms with Crippen molar-refractivity contribution in [3.63, 3.8) is 0 Å². The summed E-state index contributed by atoms with van der Waals surface area (Å²) >= 11 is 12.4. The van der Waals surface area contributed by atoms with Crippen LogP contribution < -0.4 is 0 Å². The summed E-state index contributed by atoms with van der Waals surface area (Å²) < 4.78 is 53.2. The van der Waals surface area contributed by atoms with Gasteiger partial charge >= 0.3 is 6.18 Å². The summed E-state index contributed by atoms with van der Waals surface area (Å²) in [6, 6.07) is 8.05. The smallest absolute Gasteiger partial charge is 0.340 e. The molecule has 39 heavy (non-hydrogen) atoms. The molecule has 2 aliphatic rings. The lowest BCUT2D eigenvalue weighted by Crippen LogP contribution is -2.51. The van der Waals surface area contributed by atoms with Crippen LogP contribution in [0.15, 0.2) is 36.4 Å². The van der Waals surface area contributed by atoms with Crippen LogP contribution in [0.2, 0.25) is 10.0 Å². The van der Waals surface area contributed by atoms with Gasteiger partial charge in [-0.25, -0.2) is 4.39 Å². The summed E-state index contributed by atoms with van der Waals surface area (Å²) in [4.78, 5) is 32.4. The fourth-order valence-electron chi connectivity index (χ4n) is 5.31. The number of benzene rings is 2. The van der Waals surface area contributed by atoms with Crippen LogP contribution in [-0.2, 0) is 22.3 Å². The van der Waals surface area contributed by atoms with E-state index in [9.17, 15) is 27.2 Å². The second kappa shape index (κ2) is 12.0. The van der Waals surface area contributed by atoms with E-state index < -0.39 is 17.6 Å². The molecular formula is C27H30Cl2F4N4O2. The summed E-state index contributed by atoms with van der Waals surface area (Å²) in [5.41, 5.74) is -0.0291. The second-order valence-electron chi connectivity index (χ2n) is 10.2. The van der Waals surface area contributed by atoms with Gasteiger partial charge in [-0.1, -0.05) is 35.3 Å². The van der Waals surface area contributed by atoms with Crippen LogP contribution >= 0.6 is 23.2 Å². The number of carbonyl (C=O) groups excluding carboxylic acids is 2. The van der Waals surface area contributed by atoms with Gasteiger partial charge in [0.15, 0.2) is 0 Å². The number of hydrogen-bond donors (Lipinski definition) is 0. The Morgan fingerprint density at radius 2 is 1.67 bits per heavy atom. The van der Waals surface area contributed by atoms with Crippen molar-refractivity contribution < 1.29 is 27.2 Å². The molecule has 2 amide bonds. The summed E-state index contributed by atoms with van der Waals surface area (Å²) in [6.45, 7) is 5.11. The minimum atomic E-state index is -4.77. The normalized spacial score (nSPS) is 20.6. The third-order valence-corrected chi connectivity index (χ3v) is 8.27. The van der Waals surface area contributed by atoms with Crippen molar-refractivity contribution in [2.24, 2.45) is 0 Å². The van der Waals surface area contributed by atoms with Crippen LogP contribution in [0.1, 0.15) is 29.5 Å². The molecule has 2 fully saturated rings. The van der Waals surface area contributed by atoms with Crippen molar-refractivity contribution >= 4 is 35.0 Å². The van der Waals surface area contributed by atoms with Gasteiger partial charge in [0.2, 0.25) is 11.8 Å². The van der Waals surface area contributed by atoms with E-state index in [4.69, 9.17) is 23.2 Å². The van der Waals surface area contributed by atoms with Crippen LogP contribution in [0.25, 0.3) is 0 Å². The molecule has 0 unspecified atom stereocenters. The number of alkyl halides is 3. The van der Waals surface area contributed by atoms with Gasteiger partial charge in [0.25, 0.3) is 0 Å². The van der Waals surface area contributed by atoms with Crippen molar-refractivity contribution in [3.05, 3.63) is 69.0 Å². The molecule has 0 saturated carbocycles. The van der Waals surface area contributed by atoms with E-state index in [1.165, 1.54) is 13.0 Å². The van der Waals surface area contributed by atoms with Crippen molar-refractivity contribution in [1.29, 1.82) is 0 Å². The molecule has 2 atom stereocenters. The highest BCUT2D eigenvalue weighted by atomic mass is 35.5. The van der Waals surface area contributed by atoms with Gasteiger partial charge in [0.1, 0.15) is 5.82 Å². The summed E-state index contributed by atoms with van der Waals surface area (Å²) in [5, 5.41) is 0.787. The first-order valence-corrected chi connectivity index (χ1v) is 13.4. The van der Waals surface area contributed by atoms with Gasteiger partial charge in [0, 0.05) is 64.7 Å². The zero-order chi connectivity index (χ0) is 28.5. The van der Waals surface area contributed by atoms with E-state index in [0.717, 1.165) is 17.7 Å². The fraction of sp³-hybridized carbons (Fsp3) is 0.481. The van der Waals surface area contributed by atoms with E-state index in [0.29, 0.717) is 54.9 Å². The Bertz CT molecular complexity index is 1220. The molecule has 2 aromatic rings. The minimum Gasteiger partial charge on any atom is -0.340 e. The van der Waals surface area contributed by atoms with E-state index in [1.54, 1.807) is 29.0 Å². The average Bonchev–Trinajstić information content (AvgIpc) is 3.31. The molecule has 0 aromatic heterocycles. The Morgan fingerprint density at radius 1 is 0.974 bits per heavy atom. The van der Waals surface area contributed by atoms with Crippen molar-refractivity contribution in [3.8, 4) is 0 Å². The van der Waals surface area contributed by atoms with Crippen molar-refractivity contribution in [1.82, 2.24) is 19.6 Å². The first-order chi connectivity index (χ1) is 18.3. The number of likely N-dealkylation sites (N-methyl/N-ethyl adjacent to an activating group) is 1. The Morgan fingerprint density at radius 3 is 2.26 bits per heavy atom. The van der Waals surface area contributed by atoms with Crippen LogP contribution in [0.3, 0.4) is 0 Å². The molecule has 12 heteroatoms. The molecule has 212 valence electrons. The Labute approximate surface area is 235 Å². The number of likely N-dealkylation sites (tertiary alicyclic amines) is 1. The summed E-state index contributed by atoms with van der Waals surface area (Å²) in [7, 11) is 1.81. The Kier molecular flexibility index (Phi) is 9.10. The first-order valence-electron chi connectivity index (χ1n) is 12.6. The molecule has 2 saturated heterocycles. The van der Waals surface area contributed by atoms with Gasteiger partial charge in [0.05, 0.1) is 22.2 Å². The molecule has 0 spiro atoms. The van der Waals surface area contributed by atoms with Crippen LogP contribution in [-0.4, -0.2) is 90.3 Å². The maximum Gasteiger partial charge on any atom is 0.419 e. The largest absolute Gasteiger partial charge is 0.419 e. The predicted molar refractivity (Wildman–Crippen MR) is 141 cm³/mol. The standard InChI is InChI=1S/C27H30Cl2F4N4O2/c1-17(38)36-9-7-35(8-10-36)16-26(39)37-14-20(19-4-6-22(28)23(29)12-19)25(15-37)34(2)13-18-3-5-21(24(30)11-18)27(31,32)33/h3-6,11-12,20,25H,7-10,13-16H2,1-2H3/t20-,25+/m1/s1. The van der Waals surface area contributed by atoms with Crippen LogP contribution in [0, 0.1) is 5.82 Å². The quantitative estimate of drug-likeness (QED) is 0.457. The molecule has 2 heterocycles. The Balaban J connectivity index is 1.50. The van der Waals surface area contributed by atoms with Gasteiger partial charge in [-0.05, 0) is 42.4 Å². The Hall–Kier alpha value is -2.40. The van der Waals surface area contributed by atoms with Gasteiger partial charge in [-0.2, -0.15) is 13.2 Å². The molecule has 4 rings (SSSR count). The van der Waals surface area contributed by atoms with Crippen molar-refractivity contribution in [2.45, 2.75) is 31.6 Å². The zero-order valence-corrected chi connectivity index (χ0v) is 23.2. The number of carbonyl (C=O) groups is 2. The maximum absolute atomic E-state index is 14.2. The van der Waals surface area contributed by atoms with Crippen LogP contribution in [0.5, 0.6) is 0 Å². The highest BCUT2D eigenvalue weighted by Crippen LogP contribution is 2.36. The molecule has 2 aromatic carbocycles. The van der Waals surface area contributed by atoms with E-state index in [2.05, 4.69) is 0 Å². The number of amides is 2. The number of halogens is 6. The SMILES string of the molecule is CC(=O)N1CCN(CC(=O)N2C[C@H](c3ccc(Cl)c(Cl)c3)[C@@H](N(C)Cc3ccc(C(F)(F)F)c(F)c3)C2)CC1. The third-order valence-electron chi connectivity index (χ3n) is 7.53. The summed E-state index contributed by atoms with van der Waals surface area (Å²) in [5.74, 6) is -1.50. The van der Waals surface area contributed by atoms with Gasteiger partial charge in [-0.15, -0.1) is 0 Å². The number of rotatable bonds is 6. The zero-order valence-electron chi connectivity index (χ0n) is 21.6. The molecule has 2 aliphatic heterocycles. The third kappa shape index (κ3) is 7.03. The highest BCUT2D eigenvalue weighted by molar-refractivity contribution is 6.42. The lowest BCUT2D eigenvalue weighted by atomic mass is 9.93. The molecule has 0 N–H and O–H groups in total. The summed E-state index contributed by atoms with van der Waals surface area (Å²) in [6.07, 6.45) is -4.77. The van der Waals surface area contributed by atoms with Gasteiger partial charge in [-0.3, -0.25) is 19.4 Å². The monoisotopic (exact) mass is 588 g/mol. The van der Waals surface area contributed by atoms with Crippen LogP contribution in [0.4, 0.5) is 17.6 Å². The number of nitrogens with zero attached hydrogens (tertiary/aromatic N) is 4. The minimum absolute atomic E-state index is 0.0174. The predicted octanol–water partition coefficient (Wildman–Crippen LogP) is 4.74. The molecule has 6 nitrogen and oxygen atoms in total. The molecular weight excluding hydrogens is 559 g/mol. The second-order valence-corrected chi connectivity index (χ2v) is 11.0. The number of hydrogen-bond acceptors (Lipinski definition) is 4. The van der Waals surface area contributed by atoms with E-state index in [1.807, 2.05) is 15.9 Å². The average molecular weight is 589 g/mol. The molecule has 0 aliphatic carbocycles. The van der Waals surface area contributed by atoms with Crippen molar-refractivity contribution in [2.75, 3.05) is 52.9 Å². The lowest BCUT2D eigenvalue weighted by molar-refractivity contribution is -0.140. The van der Waals surface area contributed by atoms with E-state index in [-0.39, 0.29) is 36.9 Å². The topological polar surface area (TPSA) is 47.1 Å². The number of piperazine rings is 1. The lowest BCUT2D eigenvalue weighted by Gasteiger charge is -2.34. The fourth-order valence-corrected chi connectivity index (χ4v) is 5.62. The molecule has 0 bridgehead atoms. The highest BCUT2D eigenvalue weighted by Gasteiger charge is 2.39. The maximum atomic E-state index is 14.2. The van der Waals surface area contributed by atoms with Gasteiger partial charge < -0.3 is 9.80 Å². The van der Waals surface area contributed by atoms with E-state index >= 15 is 0 Å². The molecule has 0 radical (unpaired) electrons. The first kappa shape index (κ1) is 29.6.